The monoisotopic (exact) mass is 571 g/mol. The fraction of sp³-hybridized carbons (Fsp3) is 0.321. The minimum Gasteiger partial charge on any atom is -0.495 e. The van der Waals surface area contributed by atoms with Crippen molar-refractivity contribution in [1.82, 2.24) is 14.1 Å². The van der Waals surface area contributed by atoms with Crippen LogP contribution in [0.25, 0.3) is 0 Å². The van der Waals surface area contributed by atoms with Crippen molar-refractivity contribution >= 4 is 27.5 Å². The molecule has 0 atom stereocenters. The second kappa shape index (κ2) is 11.8. The first kappa shape index (κ1) is 27.3. The highest BCUT2D eigenvalue weighted by Gasteiger charge is 2.30. The molecule has 2 heterocycles. The second-order valence-corrected chi connectivity index (χ2v) is 11.7. The number of piperazine rings is 1. The number of carbonyl (C=O) groups excluding carboxylic acids is 1. The zero-order chi connectivity index (χ0) is 27.4. The molecule has 0 radical (unpaired) electrons. The van der Waals surface area contributed by atoms with E-state index in [-0.39, 0.29) is 35.7 Å². The van der Waals surface area contributed by atoms with Gasteiger partial charge in [-0.05, 0) is 41.5 Å². The van der Waals surface area contributed by atoms with Crippen LogP contribution in [0, 0.1) is 0 Å². The zero-order valence-corrected chi connectivity index (χ0v) is 23.2. The molecule has 2 aliphatic heterocycles. The van der Waals surface area contributed by atoms with E-state index < -0.39 is 10.0 Å². The van der Waals surface area contributed by atoms with Crippen LogP contribution < -0.4 is 14.2 Å². The van der Waals surface area contributed by atoms with Crippen LogP contribution in [0.4, 0.5) is 0 Å². The van der Waals surface area contributed by atoms with E-state index in [1.165, 1.54) is 29.6 Å². The van der Waals surface area contributed by atoms with Crippen LogP contribution in [0.2, 0.25) is 5.02 Å². The fourth-order valence-electron chi connectivity index (χ4n) is 4.67. The molecule has 0 bridgehead atoms. The van der Waals surface area contributed by atoms with Crippen molar-refractivity contribution < 1.29 is 27.4 Å². The Morgan fingerprint density at radius 1 is 0.949 bits per heavy atom. The van der Waals surface area contributed by atoms with E-state index in [1.54, 1.807) is 4.90 Å². The van der Waals surface area contributed by atoms with Gasteiger partial charge in [-0.2, -0.15) is 4.31 Å². The molecule has 0 unspecified atom stereocenters. The maximum Gasteiger partial charge on any atom is 0.243 e. The lowest BCUT2D eigenvalue weighted by atomic mass is 10.1. The fourth-order valence-corrected chi connectivity index (χ4v) is 6.40. The summed E-state index contributed by atoms with van der Waals surface area (Å²) < 4.78 is 44.6. The van der Waals surface area contributed by atoms with E-state index in [2.05, 4.69) is 4.90 Å². The predicted octanol–water partition coefficient (Wildman–Crippen LogP) is 3.61. The molecule has 0 aromatic heterocycles. The summed E-state index contributed by atoms with van der Waals surface area (Å²) in [5, 5.41) is 0.183. The third-order valence-corrected chi connectivity index (χ3v) is 8.93. The largest absolute Gasteiger partial charge is 0.495 e. The van der Waals surface area contributed by atoms with E-state index in [0.29, 0.717) is 31.9 Å². The molecule has 0 saturated carbocycles. The number of ether oxygens (including phenoxy) is 3. The Bertz CT molecular complexity index is 1430. The molecule has 0 aliphatic carbocycles. The maximum absolute atomic E-state index is 13.7. The van der Waals surface area contributed by atoms with Gasteiger partial charge in [0.2, 0.25) is 22.7 Å². The zero-order valence-electron chi connectivity index (χ0n) is 21.6. The summed E-state index contributed by atoms with van der Waals surface area (Å²) in [5.41, 5.74) is 1.89. The number of nitrogens with zero attached hydrogens (tertiary/aromatic N) is 3. The van der Waals surface area contributed by atoms with Gasteiger partial charge in [0.25, 0.3) is 0 Å². The van der Waals surface area contributed by atoms with Crippen LogP contribution in [0.15, 0.2) is 71.6 Å². The number of sulfonamides is 1. The summed E-state index contributed by atoms with van der Waals surface area (Å²) in [4.78, 5) is 17.4. The first-order valence-corrected chi connectivity index (χ1v) is 14.4. The van der Waals surface area contributed by atoms with E-state index >= 15 is 0 Å². The van der Waals surface area contributed by atoms with Gasteiger partial charge in [0.05, 0.1) is 23.6 Å². The summed E-state index contributed by atoms with van der Waals surface area (Å²) in [6.07, 6.45) is 0. The number of rotatable bonds is 9. The summed E-state index contributed by atoms with van der Waals surface area (Å²) in [6, 6.07) is 19.4. The number of halogens is 1. The van der Waals surface area contributed by atoms with Gasteiger partial charge in [-0.3, -0.25) is 9.69 Å². The number of hydrogen-bond donors (Lipinski definition) is 0. The molecular formula is C28H30ClN3O6S. The molecule has 39 heavy (non-hydrogen) atoms. The van der Waals surface area contributed by atoms with Gasteiger partial charge in [-0.1, -0.05) is 48.0 Å². The summed E-state index contributed by atoms with van der Waals surface area (Å²) in [6.45, 7) is 3.13. The molecule has 1 amide bonds. The van der Waals surface area contributed by atoms with Gasteiger partial charge >= 0.3 is 0 Å². The Kier molecular flexibility index (Phi) is 8.27. The van der Waals surface area contributed by atoms with E-state index in [1.807, 2.05) is 48.5 Å². The number of benzene rings is 3. The number of amides is 1. The Labute approximate surface area is 233 Å². The molecule has 206 valence electrons. The maximum atomic E-state index is 13.7. The molecule has 0 spiro atoms. The van der Waals surface area contributed by atoms with Gasteiger partial charge < -0.3 is 19.1 Å². The van der Waals surface area contributed by atoms with Crippen molar-refractivity contribution in [1.29, 1.82) is 0 Å². The lowest BCUT2D eigenvalue weighted by Crippen LogP contribution is -2.51. The highest BCUT2D eigenvalue weighted by molar-refractivity contribution is 7.89. The number of fused-ring (bicyclic) bond motifs is 1. The van der Waals surface area contributed by atoms with Crippen LogP contribution in [-0.4, -0.2) is 75.1 Å². The molecule has 9 nitrogen and oxygen atoms in total. The van der Waals surface area contributed by atoms with Crippen molar-refractivity contribution in [3.05, 3.63) is 82.9 Å². The Hall–Kier alpha value is -3.31. The van der Waals surface area contributed by atoms with Gasteiger partial charge in [-0.25, -0.2) is 8.42 Å². The second-order valence-electron chi connectivity index (χ2n) is 9.40. The molecule has 11 heteroatoms. The molecule has 1 saturated heterocycles. The highest BCUT2D eigenvalue weighted by Crippen LogP contribution is 2.33. The topological polar surface area (TPSA) is 88.6 Å². The van der Waals surface area contributed by atoms with Gasteiger partial charge in [0, 0.05) is 39.3 Å². The normalized spacial score (nSPS) is 15.5. The van der Waals surface area contributed by atoms with Crippen molar-refractivity contribution in [2.45, 2.75) is 18.0 Å². The average Bonchev–Trinajstić information content (AvgIpc) is 3.41. The summed E-state index contributed by atoms with van der Waals surface area (Å²) in [7, 11) is -2.56. The minimum absolute atomic E-state index is 0.00516. The Morgan fingerprint density at radius 3 is 2.41 bits per heavy atom. The van der Waals surface area contributed by atoms with Crippen LogP contribution >= 0.6 is 11.6 Å². The molecule has 3 aromatic carbocycles. The molecule has 0 N–H and O–H groups in total. The molecule has 3 aromatic rings. The van der Waals surface area contributed by atoms with E-state index in [0.717, 1.165) is 29.2 Å². The lowest BCUT2D eigenvalue weighted by molar-refractivity contribution is -0.133. The first-order chi connectivity index (χ1) is 18.8. The summed E-state index contributed by atoms with van der Waals surface area (Å²) in [5.74, 6) is 1.64. The SMILES string of the molecule is COc1ccc(S(=O)(=O)N(CC(=O)N2CCN(Cc3ccc4c(c3)OCO4)CC2)Cc2ccccc2)cc1Cl. The predicted molar refractivity (Wildman–Crippen MR) is 146 cm³/mol. The van der Waals surface area contributed by atoms with Crippen molar-refractivity contribution in [3.63, 3.8) is 0 Å². The third kappa shape index (κ3) is 6.30. The number of hydrogen-bond acceptors (Lipinski definition) is 7. The van der Waals surface area contributed by atoms with Crippen LogP contribution in [-0.2, 0) is 27.9 Å². The highest BCUT2D eigenvalue weighted by atomic mass is 35.5. The molecule has 2 aliphatic rings. The molecular weight excluding hydrogens is 542 g/mol. The molecule has 5 rings (SSSR count). The van der Waals surface area contributed by atoms with E-state index in [4.69, 9.17) is 25.8 Å². The van der Waals surface area contributed by atoms with Gasteiger partial charge in [0.15, 0.2) is 11.5 Å². The van der Waals surface area contributed by atoms with Crippen LogP contribution in [0.1, 0.15) is 11.1 Å². The third-order valence-electron chi connectivity index (χ3n) is 6.84. The summed E-state index contributed by atoms with van der Waals surface area (Å²) >= 11 is 6.23. The first-order valence-electron chi connectivity index (χ1n) is 12.6. The Morgan fingerprint density at radius 2 is 1.69 bits per heavy atom. The standard InChI is InChI=1S/C28H30ClN3O6S/c1-36-25-10-8-23(16-24(25)29)39(34,35)32(18-21-5-3-2-4-6-21)19-28(33)31-13-11-30(12-14-31)17-22-7-9-26-27(15-22)38-20-37-26/h2-10,15-16H,11-14,17-20H2,1H3. The smallest absolute Gasteiger partial charge is 0.243 e. The molecule has 1 fully saturated rings. The van der Waals surface area contributed by atoms with Crippen molar-refractivity contribution in [2.24, 2.45) is 0 Å². The number of carbonyl (C=O) groups is 1. The van der Waals surface area contributed by atoms with Gasteiger partial charge in [-0.15, -0.1) is 0 Å². The van der Waals surface area contributed by atoms with Gasteiger partial charge in [0.1, 0.15) is 5.75 Å². The van der Waals surface area contributed by atoms with Crippen LogP contribution in [0.3, 0.4) is 0 Å². The quantitative estimate of drug-likeness (QED) is 0.388. The van der Waals surface area contributed by atoms with Crippen molar-refractivity contribution in [3.8, 4) is 17.2 Å². The lowest BCUT2D eigenvalue weighted by Gasteiger charge is -2.35. The Balaban J connectivity index is 1.26. The average molecular weight is 572 g/mol. The van der Waals surface area contributed by atoms with Crippen LogP contribution in [0.5, 0.6) is 17.2 Å². The van der Waals surface area contributed by atoms with E-state index in [9.17, 15) is 13.2 Å². The minimum atomic E-state index is -4.02. The number of methoxy groups -OCH3 is 1. The van der Waals surface area contributed by atoms with Crippen molar-refractivity contribution in [2.75, 3.05) is 46.6 Å².